The fraction of sp³-hybridized carbons (Fsp3) is 0.160. The molecular weight excluding hydrogens is 452 g/mol. The highest BCUT2D eigenvalue weighted by atomic mass is 32.2. The van der Waals surface area contributed by atoms with E-state index in [1.165, 1.54) is 23.1 Å². The van der Waals surface area contributed by atoms with Gasteiger partial charge in [0, 0.05) is 17.1 Å². The Morgan fingerprint density at radius 2 is 1.67 bits per heavy atom. The average Bonchev–Trinajstić information content (AvgIpc) is 3.17. The minimum Gasteiger partial charge on any atom is -0.325 e. The fourth-order valence-corrected chi connectivity index (χ4v) is 5.15. The van der Waals surface area contributed by atoms with Gasteiger partial charge in [0.25, 0.3) is 0 Å². The lowest BCUT2D eigenvalue weighted by molar-refractivity contribution is -0.113. The predicted octanol–water partition coefficient (Wildman–Crippen LogP) is 6.60. The highest BCUT2D eigenvalue weighted by Crippen LogP contribution is 2.31. The van der Waals surface area contributed by atoms with E-state index in [4.69, 9.17) is 0 Å². The number of carbonyl (C=O) groups is 2. The summed E-state index contributed by atoms with van der Waals surface area (Å²) in [5.74, 6) is 0.201. The lowest BCUT2D eigenvalue weighted by atomic mass is 10.1. The number of nitrogens with one attached hydrogen (secondary N) is 3. The second-order valence-electron chi connectivity index (χ2n) is 7.77. The first kappa shape index (κ1) is 22.8. The van der Waals surface area contributed by atoms with E-state index in [0.29, 0.717) is 5.69 Å². The highest BCUT2D eigenvalue weighted by molar-refractivity contribution is 8.01. The number of hydrogen-bond acceptors (Lipinski definition) is 5. The number of aromatic nitrogens is 1. The van der Waals surface area contributed by atoms with Gasteiger partial charge in [0.15, 0.2) is 4.34 Å². The van der Waals surface area contributed by atoms with Crippen LogP contribution in [0.25, 0.3) is 10.2 Å². The van der Waals surface area contributed by atoms with Crippen molar-refractivity contribution in [2.45, 2.75) is 25.1 Å². The number of nitrogens with zero attached hydrogens (tertiary/aromatic N) is 1. The Labute approximate surface area is 200 Å². The van der Waals surface area contributed by atoms with Crippen LogP contribution >= 0.6 is 23.1 Å². The molecule has 3 aromatic carbocycles. The van der Waals surface area contributed by atoms with Gasteiger partial charge in [-0.15, -0.1) is 11.3 Å². The van der Waals surface area contributed by atoms with Crippen molar-refractivity contribution in [3.8, 4) is 0 Å². The second-order valence-corrected chi connectivity index (χ2v) is 10.0. The minimum atomic E-state index is -0.296. The van der Waals surface area contributed by atoms with Gasteiger partial charge < -0.3 is 16.0 Å². The van der Waals surface area contributed by atoms with Crippen molar-refractivity contribution in [3.63, 3.8) is 0 Å². The molecule has 0 radical (unpaired) electrons. The van der Waals surface area contributed by atoms with Gasteiger partial charge in [0.05, 0.1) is 16.0 Å². The van der Waals surface area contributed by atoms with Crippen LogP contribution in [-0.4, -0.2) is 22.7 Å². The van der Waals surface area contributed by atoms with Crippen molar-refractivity contribution in [3.05, 3.63) is 77.4 Å². The standard InChI is InChI=1S/C25H24N4O2S2/c1-15-5-4-6-18(11-15)26-23(30)14-32-25-29-20-10-9-19(13-22(20)33-25)27-24(31)28-21-12-16(2)7-8-17(21)3/h4-13H,14H2,1-3H3,(H,26,30)(H2,27,28,31). The summed E-state index contributed by atoms with van der Waals surface area (Å²) in [6.45, 7) is 5.93. The number of thioether (sulfide) groups is 1. The van der Waals surface area contributed by atoms with Gasteiger partial charge in [-0.1, -0.05) is 36.0 Å². The molecule has 33 heavy (non-hydrogen) atoms. The topological polar surface area (TPSA) is 83.1 Å². The van der Waals surface area contributed by atoms with Crippen molar-refractivity contribution in [2.24, 2.45) is 0 Å². The molecule has 8 heteroatoms. The van der Waals surface area contributed by atoms with Crippen LogP contribution in [0.1, 0.15) is 16.7 Å². The van der Waals surface area contributed by atoms with E-state index < -0.39 is 0 Å². The van der Waals surface area contributed by atoms with Crippen molar-refractivity contribution >= 4 is 62.3 Å². The molecule has 0 fully saturated rings. The van der Waals surface area contributed by atoms with Gasteiger partial charge in [-0.2, -0.15) is 0 Å². The number of amides is 3. The van der Waals surface area contributed by atoms with E-state index in [0.717, 1.165) is 42.6 Å². The summed E-state index contributed by atoms with van der Waals surface area (Å²) in [6.07, 6.45) is 0. The predicted molar refractivity (Wildman–Crippen MR) is 139 cm³/mol. The normalized spacial score (nSPS) is 10.8. The third-order valence-corrected chi connectivity index (χ3v) is 7.06. The average molecular weight is 477 g/mol. The quantitative estimate of drug-likeness (QED) is 0.274. The maximum Gasteiger partial charge on any atom is 0.323 e. The molecule has 0 aliphatic heterocycles. The van der Waals surface area contributed by atoms with Crippen molar-refractivity contribution < 1.29 is 9.59 Å². The Morgan fingerprint density at radius 3 is 2.48 bits per heavy atom. The number of rotatable bonds is 6. The second kappa shape index (κ2) is 10.1. The number of thiazole rings is 1. The van der Waals surface area contributed by atoms with Gasteiger partial charge in [-0.25, -0.2) is 9.78 Å². The van der Waals surface area contributed by atoms with Crippen LogP contribution in [0.3, 0.4) is 0 Å². The van der Waals surface area contributed by atoms with Crippen LogP contribution < -0.4 is 16.0 Å². The molecule has 0 atom stereocenters. The van der Waals surface area contributed by atoms with E-state index in [1.807, 2.05) is 81.4 Å². The number of urea groups is 1. The summed E-state index contributed by atoms with van der Waals surface area (Å²) >= 11 is 2.90. The monoisotopic (exact) mass is 476 g/mol. The maximum absolute atomic E-state index is 12.5. The molecule has 0 unspecified atom stereocenters. The number of carbonyl (C=O) groups excluding carboxylic acids is 2. The van der Waals surface area contributed by atoms with Gasteiger partial charge in [-0.3, -0.25) is 4.79 Å². The molecule has 3 amide bonds. The molecular formula is C25H24N4O2S2. The van der Waals surface area contributed by atoms with Crippen molar-refractivity contribution in [1.29, 1.82) is 0 Å². The number of fused-ring (bicyclic) bond motifs is 1. The van der Waals surface area contributed by atoms with Crippen LogP contribution in [-0.2, 0) is 4.79 Å². The Balaban J connectivity index is 1.36. The Kier molecular flexibility index (Phi) is 6.96. The molecule has 1 aromatic heterocycles. The largest absolute Gasteiger partial charge is 0.325 e. The summed E-state index contributed by atoms with van der Waals surface area (Å²) in [4.78, 5) is 29.3. The van der Waals surface area contributed by atoms with E-state index in [2.05, 4.69) is 20.9 Å². The first-order chi connectivity index (χ1) is 15.9. The third kappa shape index (κ3) is 6.12. The lowest BCUT2D eigenvalue weighted by Crippen LogP contribution is -2.19. The molecule has 4 rings (SSSR count). The van der Waals surface area contributed by atoms with Gasteiger partial charge in [-0.05, 0) is 73.9 Å². The first-order valence-electron chi connectivity index (χ1n) is 10.4. The van der Waals surface area contributed by atoms with E-state index >= 15 is 0 Å². The van der Waals surface area contributed by atoms with Gasteiger partial charge >= 0.3 is 6.03 Å². The number of hydrogen-bond donors (Lipinski definition) is 3. The molecule has 0 saturated carbocycles. The van der Waals surface area contributed by atoms with Crippen LogP contribution in [0.15, 0.2) is 65.0 Å². The maximum atomic E-state index is 12.5. The minimum absolute atomic E-state index is 0.0738. The lowest BCUT2D eigenvalue weighted by Gasteiger charge is -2.10. The zero-order valence-corrected chi connectivity index (χ0v) is 20.2. The molecule has 0 bridgehead atoms. The molecule has 0 aliphatic rings. The first-order valence-corrected chi connectivity index (χ1v) is 12.2. The zero-order chi connectivity index (χ0) is 23.4. The fourth-order valence-electron chi connectivity index (χ4n) is 3.25. The highest BCUT2D eigenvalue weighted by Gasteiger charge is 2.11. The summed E-state index contributed by atoms with van der Waals surface area (Å²) in [5.41, 5.74) is 6.28. The molecule has 0 spiro atoms. The summed E-state index contributed by atoms with van der Waals surface area (Å²) in [5, 5.41) is 8.68. The van der Waals surface area contributed by atoms with Crippen LogP contribution in [0.5, 0.6) is 0 Å². The van der Waals surface area contributed by atoms with Gasteiger partial charge in [0.1, 0.15) is 0 Å². The summed E-state index contributed by atoms with van der Waals surface area (Å²) < 4.78 is 1.75. The third-order valence-electron chi connectivity index (χ3n) is 4.90. The number of benzene rings is 3. The Morgan fingerprint density at radius 1 is 0.879 bits per heavy atom. The summed E-state index contributed by atoms with van der Waals surface area (Å²) in [6, 6.07) is 18.9. The number of anilines is 3. The molecule has 6 nitrogen and oxygen atoms in total. The molecule has 0 aliphatic carbocycles. The molecule has 3 N–H and O–H groups in total. The van der Waals surface area contributed by atoms with Gasteiger partial charge in [0.2, 0.25) is 5.91 Å². The smallest absolute Gasteiger partial charge is 0.323 e. The van der Waals surface area contributed by atoms with Crippen LogP contribution in [0.2, 0.25) is 0 Å². The zero-order valence-electron chi connectivity index (χ0n) is 18.6. The van der Waals surface area contributed by atoms with Crippen LogP contribution in [0, 0.1) is 20.8 Å². The van der Waals surface area contributed by atoms with E-state index in [9.17, 15) is 9.59 Å². The molecule has 0 saturated heterocycles. The summed E-state index contributed by atoms with van der Waals surface area (Å²) in [7, 11) is 0. The van der Waals surface area contributed by atoms with E-state index in [1.54, 1.807) is 0 Å². The molecule has 168 valence electrons. The SMILES string of the molecule is Cc1cccc(NC(=O)CSc2nc3ccc(NC(=O)Nc4cc(C)ccc4C)cc3s2)c1. The molecule has 4 aromatic rings. The Bertz CT molecular complexity index is 1330. The number of aryl methyl sites for hydroxylation is 3. The Hall–Kier alpha value is -3.36. The molecule has 1 heterocycles. The van der Waals surface area contributed by atoms with Crippen LogP contribution in [0.4, 0.5) is 21.9 Å². The van der Waals surface area contributed by atoms with Crippen molar-refractivity contribution in [2.75, 3.05) is 21.7 Å². The van der Waals surface area contributed by atoms with Crippen molar-refractivity contribution in [1.82, 2.24) is 4.98 Å². The van der Waals surface area contributed by atoms with E-state index in [-0.39, 0.29) is 17.7 Å².